The molecule has 1 amide bonds. The van der Waals surface area contributed by atoms with Crippen LogP contribution in [0.3, 0.4) is 0 Å². The number of rotatable bonds is 9. The number of ether oxygens (including phenoxy) is 1. The van der Waals surface area contributed by atoms with Crippen LogP contribution >= 0.6 is 0 Å². The second-order valence-corrected chi connectivity index (χ2v) is 11.4. The van der Waals surface area contributed by atoms with Crippen molar-refractivity contribution in [3.05, 3.63) is 84.4 Å². The molecule has 0 spiro atoms. The zero-order valence-corrected chi connectivity index (χ0v) is 22.9. The van der Waals surface area contributed by atoms with Crippen LogP contribution < -0.4 is 20.1 Å². The van der Waals surface area contributed by atoms with E-state index in [0.717, 1.165) is 36.2 Å². The molecule has 1 atom stereocenters. The normalized spacial score (nSPS) is 15.4. The van der Waals surface area contributed by atoms with Crippen molar-refractivity contribution in [2.75, 3.05) is 24.6 Å². The third-order valence-electron chi connectivity index (χ3n) is 7.12. The molecular formula is C28H28N8O4S. The number of nitrogens with zero attached hydrogens (tertiary/aromatic N) is 6. The van der Waals surface area contributed by atoms with Gasteiger partial charge in [-0.25, -0.2) is 23.5 Å². The van der Waals surface area contributed by atoms with E-state index in [1.54, 1.807) is 28.9 Å². The van der Waals surface area contributed by atoms with Crippen LogP contribution in [0.4, 0.5) is 5.82 Å². The maximum absolute atomic E-state index is 13.1. The maximum atomic E-state index is 13.1. The van der Waals surface area contributed by atoms with E-state index in [4.69, 9.17) is 9.88 Å². The minimum Gasteiger partial charge on any atom is -0.491 e. The summed E-state index contributed by atoms with van der Waals surface area (Å²) in [7, 11) is -3.75. The van der Waals surface area contributed by atoms with Crippen molar-refractivity contribution in [1.29, 1.82) is 0 Å². The highest BCUT2D eigenvalue weighted by atomic mass is 32.2. The van der Waals surface area contributed by atoms with Crippen molar-refractivity contribution in [3.63, 3.8) is 0 Å². The standard InChI is InChI=1S/C28H28N8O4S/c29-41(38,39)21-9-7-19(8-10-21)11-13-30-27(37)24-16-25(22-5-1-2-6-23(22)34-24)40-17-20-4-3-15-35(20)26-12-14-31-28-32-18-33-36(26)28/h1-2,5-10,12,14,16,18,20H,3-4,11,13,15,17H2,(H,30,37)(H2,29,38,39). The van der Waals surface area contributed by atoms with Crippen LogP contribution in [0, 0.1) is 0 Å². The van der Waals surface area contributed by atoms with Gasteiger partial charge in [0.1, 0.15) is 30.2 Å². The number of benzene rings is 2. The Kier molecular flexibility index (Phi) is 7.20. The number of pyridine rings is 1. The van der Waals surface area contributed by atoms with Crippen molar-refractivity contribution >= 4 is 38.4 Å². The van der Waals surface area contributed by atoms with Gasteiger partial charge in [-0.05, 0) is 55.2 Å². The maximum Gasteiger partial charge on any atom is 0.270 e. The minimum absolute atomic E-state index is 0.0476. The molecule has 5 aromatic rings. The minimum atomic E-state index is -3.75. The van der Waals surface area contributed by atoms with Crippen LogP contribution in [0.1, 0.15) is 28.9 Å². The average Bonchev–Trinajstić information content (AvgIpc) is 3.65. The molecule has 1 unspecified atom stereocenters. The number of nitrogens with one attached hydrogen (secondary N) is 1. The lowest BCUT2D eigenvalue weighted by molar-refractivity contribution is 0.0949. The van der Waals surface area contributed by atoms with Crippen molar-refractivity contribution < 1.29 is 17.9 Å². The van der Waals surface area contributed by atoms with Gasteiger partial charge in [-0.1, -0.05) is 24.3 Å². The number of nitrogens with two attached hydrogens (primary N) is 1. The number of hydrogen-bond donors (Lipinski definition) is 2. The van der Waals surface area contributed by atoms with E-state index in [1.165, 1.54) is 18.5 Å². The van der Waals surface area contributed by atoms with Crippen LogP contribution in [0.2, 0.25) is 0 Å². The molecule has 1 aliphatic rings. The summed E-state index contributed by atoms with van der Waals surface area (Å²) in [4.78, 5) is 28.4. The van der Waals surface area contributed by atoms with E-state index < -0.39 is 10.0 Å². The number of para-hydroxylation sites is 1. The van der Waals surface area contributed by atoms with Gasteiger partial charge in [-0.15, -0.1) is 0 Å². The first-order valence-electron chi connectivity index (χ1n) is 13.2. The molecule has 6 rings (SSSR count). The number of sulfonamides is 1. The Bertz CT molecular complexity index is 1820. The molecule has 210 valence electrons. The molecule has 2 aromatic carbocycles. The summed E-state index contributed by atoms with van der Waals surface area (Å²) < 4.78 is 31.0. The Morgan fingerprint density at radius 2 is 1.93 bits per heavy atom. The lowest BCUT2D eigenvalue weighted by Gasteiger charge is -2.26. The number of aromatic nitrogens is 5. The number of hydrogen-bond acceptors (Lipinski definition) is 9. The smallest absolute Gasteiger partial charge is 0.270 e. The highest BCUT2D eigenvalue weighted by molar-refractivity contribution is 7.89. The van der Waals surface area contributed by atoms with Crippen LogP contribution in [0.25, 0.3) is 16.7 Å². The van der Waals surface area contributed by atoms with Crippen LogP contribution in [0.15, 0.2) is 78.1 Å². The van der Waals surface area contributed by atoms with E-state index in [0.29, 0.717) is 36.6 Å². The molecule has 1 fully saturated rings. The largest absolute Gasteiger partial charge is 0.491 e. The van der Waals surface area contributed by atoms with Gasteiger partial charge in [0, 0.05) is 30.7 Å². The van der Waals surface area contributed by atoms with Gasteiger partial charge < -0.3 is 15.0 Å². The molecule has 1 saturated heterocycles. The zero-order chi connectivity index (χ0) is 28.4. The van der Waals surface area contributed by atoms with Gasteiger partial charge in [0.15, 0.2) is 0 Å². The number of fused-ring (bicyclic) bond motifs is 2. The first kappa shape index (κ1) is 26.6. The molecule has 1 aliphatic heterocycles. The summed E-state index contributed by atoms with van der Waals surface area (Å²) in [5, 5.41) is 13.2. The average molecular weight is 573 g/mol. The molecular weight excluding hydrogens is 544 g/mol. The number of carbonyl (C=O) groups is 1. The van der Waals surface area contributed by atoms with Crippen molar-refractivity contribution in [1.82, 2.24) is 29.9 Å². The number of amides is 1. The predicted molar refractivity (Wildman–Crippen MR) is 152 cm³/mol. The van der Waals surface area contributed by atoms with Gasteiger partial charge in [0.05, 0.1) is 16.5 Å². The number of primary sulfonamides is 1. The first-order chi connectivity index (χ1) is 19.9. The molecule has 0 bridgehead atoms. The fraction of sp³-hybridized carbons (Fsp3) is 0.250. The summed E-state index contributed by atoms with van der Waals surface area (Å²) in [5.74, 6) is 1.73. The molecule has 0 saturated carbocycles. The highest BCUT2D eigenvalue weighted by Crippen LogP contribution is 2.29. The topological polar surface area (TPSA) is 158 Å². The van der Waals surface area contributed by atoms with Crippen LogP contribution in [-0.4, -0.2) is 64.6 Å². The monoisotopic (exact) mass is 572 g/mol. The van der Waals surface area contributed by atoms with Gasteiger partial charge in [-0.2, -0.15) is 14.6 Å². The van der Waals surface area contributed by atoms with Crippen LogP contribution in [0.5, 0.6) is 5.75 Å². The van der Waals surface area contributed by atoms with Crippen molar-refractivity contribution in [3.8, 4) is 5.75 Å². The Morgan fingerprint density at radius 3 is 2.76 bits per heavy atom. The van der Waals surface area contributed by atoms with Crippen molar-refractivity contribution in [2.24, 2.45) is 5.14 Å². The third kappa shape index (κ3) is 5.67. The summed E-state index contributed by atoms with van der Waals surface area (Å²) in [5.41, 5.74) is 1.78. The highest BCUT2D eigenvalue weighted by Gasteiger charge is 2.28. The lowest BCUT2D eigenvalue weighted by Crippen LogP contribution is -2.35. The molecule has 4 heterocycles. The second-order valence-electron chi connectivity index (χ2n) is 9.79. The van der Waals surface area contributed by atoms with Gasteiger partial charge in [0.25, 0.3) is 11.7 Å². The quantitative estimate of drug-likeness (QED) is 0.270. The molecule has 13 heteroatoms. The van der Waals surface area contributed by atoms with E-state index >= 15 is 0 Å². The molecule has 3 aromatic heterocycles. The zero-order valence-electron chi connectivity index (χ0n) is 22.1. The molecule has 12 nitrogen and oxygen atoms in total. The van der Waals surface area contributed by atoms with E-state index in [2.05, 4.69) is 30.3 Å². The van der Waals surface area contributed by atoms with Crippen LogP contribution in [-0.2, 0) is 16.4 Å². The van der Waals surface area contributed by atoms with Gasteiger partial charge in [0.2, 0.25) is 10.0 Å². The summed E-state index contributed by atoms with van der Waals surface area (Å²) >= 11 is 0. The molecule has 41 heavy (non-hydrogen) atoms. The molecule has 0 aliphatic carbocycles. The SMILES string of the molecule is NS(=O)(=O)c1ccc(CCNC(=O)c2cc(OCC3CCCN3c3ccnc4ncnn34)c3ccccc3n2)cc1. The predicted octanol–water partition coefficient (Wildman–Crippen LogP) is 2.34. The van der Waals surface area contributed by atoms with E-state index in [1.807, 2.05) is 30.3 Å². The van der Waals surface area contributed by atoms with E-state index in [9.17, 15) is 13.2 Å². The van der Waals surface area contributed by atoms with Crippen molar-refractivity contribution in [2.45, 2.75) is 30.2 Å². The molecule has 3 N–H and O–H groups in total. The van der Waals surface area contributed by atoms with E-state index in [-0.39, 0.29) is 22.5 Å². The third-order valence-corrected chi connectivity index (χ3v) is 8.05. The first-order valence-corrected chi connectivity index (χ1v) is 14.8. The summed E-state index contributed by atoms with van der Waals surface area (Å²) in [6.45, 7) is 1.63. The Balaban J connectivity index is 1.15. The van der Waals surface area contributed by atoms with Gasteiger partial charge in [-0.3, -0.25) is 4.79 Å². The Labute approximate surface area is 236 Å². The fourth-order valence-corrected chi connectivity index (χ4v) is 5.59. The fourth-order valence-electron chi connectivity index (χ4n) is 5.08. The second kappa shape index (κ2) is 11.1. The summed E-state index contributed by atoms with van der Waals surface area (Å²) in [6.07, 6.45) is 5.71. The van der Waals surface area contributed by atoms with Gasteiger partial charge >= 0.3 is 0 Å². The number of anilines is 1. The lowest BCUT2D eigenvalue weighted by atomic mass is 10.1. The molecule has 0 radical (unpaired) electrons. The summed E-state index contributed by atoms with van der Waals surface area (Å²) in [6, 6.07) is 17.6. The number of carbonyl (C=O) groups excluding carboxylic acids is 1. The Hall–Kier alpha value is -4.62. The Morgan fingerprint density at radius 1 is 1.10 bits per heavy atom.